The minimum Gasteiger partial charge on any atom is -0.508 e. The number of hydrogen-bond donors (Lipinski definition) is 4. The summed E-state index contributed by atoms with van der Waals surface area (Å²) < 4.78 is 0. The smallest absolute Gasteiger partial charge is 0.335 e. The number of rotatable bonds is 4. The SMILES string of the molecule is Cc1ccc(C(=O)O)cc1NC(C)c1ccc(O)cc1O. The van der Waals surface area contributed by atoms with Crippen molar-refractivity contribution >= 4 is 11.7 Å². The third-order valence-electron chi connectivity index (χ3n) is 3.34. The van der Waals surface area contributed by atoms with Gasteiger partial charge in [0.15, 0.2) is 0 Å². The van der Waals surface area contributed by atoms with E-state index in [1.54, 1.807) is 24.3 Å². The van der Waals surface area contributed by atoms with Gasteiger partial charge in [-0.1, -0.05) is 6.07 Å². The van der Waals surface area contributed by atoms with Crippen molar-refractivity contribution in [3.63, 3.8) is 0 Å². The van der Waals surface area contributed by atoms with Crippen LogP contribution in [0.15, 0.2) is 36.4 Å². The molecule has 0 aliphatic heterocycles. The number of anilines is 1. The molecule has 0 spiro atoms. The van der Waals surface area contributed by atoms with E-state index in [1.807, 2.05) is 13.8 Å². The Bertz CT molecular complexity index is 682. The van der Waals surface area contributed by atoms with Gasteiger partial charge in [-0.05, 0) is 43.7 Å². The standard InChI is InChI=1S/C16H17NO4/c1-9-3-4-11(16(20)21)7-14(9)17-10(2)13-6-5-12(18)8-15(13)19/h3-8,10,17-19H,1-2H3,(H,20,21). The first kappa shape index (κ1) is 14.7. The second kappa shape index (κ2) is 5.75. The van der Waals surface area contributed by atoms with Crippen LogP contribution in [-0.4, -0.2) is 21.3 Å². The fourth-order valence-electron chi connectivity index (χ4n) is 2.12. The van der Waals surface area contributed by atoms with E-state index < -0.39 is 5.97 Å². The highest BCUT2D eigenvalue weighted by Crippen LogP contribution is 2.31. The molecule has 2 aromatic rings. The maximum Gasteiger partial charge on any atom is 0.335 e. The van der Waals surface area contributed by atoms with E-state index in [1.165, 1.54) is 12.1 Å². The van der Waals surface area contributed by atoms with Crippen molar-refractivity contribution < 1.29 is 20.1 Å². The topological polar surface area (TPSA) is 89.8 Å². The van der Waals surface area contributed by atoms with E-state index >= 15 is 0 Å². The molecule has 0 aliphatic rings. The zero-order valence-electron chi connectivity index (χ0n) is 11.8. The number of aryl methyl sites for hydroxylation is 1. The summed E-state index contributed by atoms with van der Waals surface area (Å²) >= 11 is 0. The van der Waals surface area contributed by atoms with Crippen molar-refractivity contribution in [3.05, 3.63) is 53.1 Å². The monoisotopic (exact) mass is 287 g/mol. The van der Waals surface area contributed by atoms with Crippen LogP contribution in [0.25, 0.3) is 0 Å². The molecule has 0 saturated carbocycles. The van der Waals surface area contributed by atoms with Crippen LogP contribution in [0.2, 0.25) is 0 Å². The number of aromatic carboxylic acids is 1. The predicted octanol–water partition coefficient (Wildman–Crippen LogP) is 3.28. The van der Waals surface area contributed by atoms with Gasteiger partial charge in [0.2, 0.25) is 0 Å². The molecule has 2 aromatic carbocycles. The second-order valence-electron chi connectivity index (χ2n) is 4.94. The molecule has 5 heteroatoms. The number of nitrogens with one attached hydrogen (secondary N) is 1. The molecule has 0 amide bonds. The van der Waals surface area contributed by atoms with Gasteiger partial charge in [0.25, 0.3) is 0 Å². The average Bonchev–Trinajstić information content (AvgIpc) is 2.40. The lowest BCUT2D eigenvalue weighted by Crippen LogP contribution is -2.09. The molecule has 0 heterocycles. The van der Waals surface area contributed by atoms with E-state index in [9.17, 15) is 15.0 Å². The normalized spacial score (nSPS) is 11.9. The van der Waals surface area contributed by atoms with Crippen LogP contribution >= 0.6 is 0 Å². The number of aromatic hydroxyl groups is 2. The first-order valence-electron chi connectivity index (χ1n) is 6.51. The van der Waals surface area contributed by atoms with Gasteiger partial charge in [0.1, 0.15) is 11.5 Å². The van der Waals surface area contributed by atoms with Crippen LogP contribution in [0.5, 0.6) is 11.5 Å². The van der Waals surface area contributed by atoms with E-state index in [0.717, 1.165) is 5.56 Å². The molecule has 21 heavy (non-hydrogen) atoms. The van der Waals surface area contributed by atoms with Crippen LogP contribution in [0.3, 0.4) is 0 Å². The van der Waals surface area contributed by atoms with Gasteiger partial charge in [0.05, 0.1) is 11.6 Å². The minimum absolute atomic E-state index is 0.00694. The molecule has 0 aliphatic carbocycles. The lowest BCUT2D eigenvalue weighted by atomic mass is 10.0. The molecule has 5 nitrogen and oxygen atoms in total. The molecular formula is C16H17NO4. The Labute approximate surface area is 122 Å². The summed E-state index contributed by atoms with van der Waals surface area (Å²) in [6, 6.07) is 8.99. The minimum atomic E-state index is -0.988. The van der Waals surface area contributed by atoms with E-state index in [2.05, 4.69) is 5.32 Å². The summed E-state index contributed by atoms with van der Waals surface area (Å²) in [5, 5.41) is 31.4. The summed E-state index contributed by atoms with van der Waals surface area (Å²) in [4.78, 5) is 11.0. The van der Waals surface area contributed by atoms with Gasteiger partial charge in [-0.15, -0.1) is 0 Å². The second-order valence-corrected chi connectivity index (χ2v) is 4.94. The van der Waals surface area contributed by atoms with Gasteiger partial charge < -0.3 is 20.6 Å². The summed E-state index contributed by atoms with van der Waals surface area (Å²) in [5.41, 5.74) is 2.41. The predicted molar refractivity (Wildman–Crippen MR) is 79.9 cm³/mol. The lowest BCUT2D eigenvalue weighted by molar-refractivity contribution is 0.0697. The van der Waals surface area contributed by atoms with Gasteiger partial charge in [-0.2, -0.15) is 0 Å². The Morgan fingerprint density at radius 3 is 2.48 bits per heavy atom. The van der Waals surface area contributed by atoms with Crippen molar-refractivity contribution in [3.8, 4) is 11.5 Å². The number of carbonyl (C=O) groups is 1. The lowest BCUT2D eigenvalue weighted by Gasteiger charge is -2.19. The molecule has 0 fully saturated rings. The number of carboxylic acid groups (broad SMARTS) is 1. The summed E-state index contributed by atoms with van der Waals surface area (Å²) in [6.07, 6.45) is 0. The molecule has 0 saturated heterocycles. The quantitative estimate of drug-likeness (QED) is 0.693. The number of carboxylic acids is 1. The summed E-state index contributed by atoms with van der Waals surface area (Å²) in [6.45, 7) is 3.72. The number of phenols is 2. The zero-order chi connectivity index (χ0) is 15.6. The molecule has 2 rings (SSSR count). The Balaban J connectivity index is 2.28. The van der Waals surface area contributed by atoms with Gasteiger partial charge in [0, 0.05) is 17.3 Å². The first-order valence-corrected chi connectivity index (χ1v) is 6.51. The van der Waals surface area contributed by atoms with Crippen molar-refractivity contribution in [2.45, 2.75) is 19.9 Å². The van der Waals surface area contributed by atoms with E-state index in [0.29, 0.717) is 11.3 Å². The van der Waals surface area contributed by atoms with Crippen LogP contribution in [0.1, 0.15) is 34.5 Å². The first-order chi connectivity index (χ1) is 9.88. The Morgan fingerprint density at radius 2 is 1.86 bits per heavy atom. The number of benzene rings is 2. The largest absolute Gasteiger partial charge is 0.508 e. The van der Waals surface area contributed by atoms with Crippen molar-refractivity contribution in [2.75, 3.05) is 5.32 Å². The third-order valence-corrected chi connectivity index (χ3v) is 3.34. The van der Waals surface area contributed by atoms with Crippen molar-refractivity contribution in [1.29, 1.82) is 0 Å². The molecule has 0 radical (unpaired) electrons. The highest BCUT2D eigenvalue weighted by molar-refractivity contribution is 5.89. The molecule has 1 atom stereocenters. The Morgan fingerprint density at radius 1 is 1.14 bits per heavy atom. The fourth-order valence-corrected chi connectivity index (χ4v) is 2.12. The average molecular weight is 287 g/mol. The number of phenolic OH excluding ortho intramolecular Hbond substituents is 2. The van der Waals surface area contributed by atoms with Gasteiger partial charge >= 0.3 is 5.97 Å². The third kappa shape index (κ3) is 3.25. The maximum atomic E-state index is 11.0. The van der Waals surface area contributed by atoms with E-state index in [-0.39, 0.29) is 23.1 Å². The molecule has 0 bridgehead atoms. The molecule has 1 unspecified atom stereocenters. The zero-order valence-corrected chi connectivity index (χ0v) is 11.8. The van der Waals surface area contributed by atoms with Gasteiger partial charge in [-0.3, -0.25) is 0 Å². The van der Waals surface area contributed by atoms with Crippen LogP contribution in [0, 0.1) is 6.92 Å². The molecule has 110 valence electrons. The highest BCUT2D eigenvalue weighted by atomic mass is 16.4. The Kier molecular flexibility index (Phi) is 4.03. The fraction of sp³-hybridized carbons (Fsp3) is 0.188. The summed E-state index contributed by atoms with van der Waals surface area (Å²) in [5.74, 6) is -1.01. The highest BCUT2D eigenvalue weighted by Gasteiger charge is 2.13. The number of hydrogen-bond acceptors (Lipinski definition) is 4. The molecule has 4 N–H and O–H groups in total. The van der Waals surface area contributed by atoms with E-state index in [4.69, 9.17) is 5.11 Å². The van der Waals surface area contributed by atoms with Gasteiger partial charge in [-0.25, -0.2) is 4.79 Å². The molecular weight excluding hydrogens is 270 g/mol. The van der Waals surface area contributed by atoms with Crippen molar-refractivity contribution in [1.82, 2.24) is 0 Å². The van der Waals surface area contributed by atoms with Crippen LogP contribution in [-0.2, 0) is 0 Å². The van der Waals surface area contributed by atoms with Crippen LogP contribution in [0.4, 0.5) is 5.69 Å². The maximum absolute atomic E-state index is 11.0. The molecule has 0 aromatic heterocycles. The Hall–Kier alpha value is -2.69. The van der Waals surface area contributed by atoms with Crippen molar-refractivity contribution in [2.24, 2.45) is 0 Å². The summed E-state index contributed by atoms with van der Waals surface area (Å²) in [7, 11) is 0. The van der Waals surface area contributed by atoms with Crippen LogP contribution < -0.4 is 5.32 Å².